The molecule has 0 aliphatic heterocycles. The van der Waals surface area contributed by atoms with Crippen LogP contribution in [0.3, 0.4) is 0 Å². The first kappa shape index (κ1) is 14.3. The van der Waals surface area contributed by atoms with Gasteiger partial charge in [-0.25, -0.2) is 4.98 Å². The van der Waals surface area contributed by atoms with E-state index in [1.54, 1.807) is 12.4 Å². The Morgan fingerprint density at radius 2 is 1.58 bits per heavy atom. The summed E-state index contributed by atoms with van der Waals surface area (Å²) in [5.41, 5.74) is 5.53. The fourth-order valence-corrected chi connectivity index (χ4v) is 2.51. The van der Waals surface area contributed by atoms with Crippen molar-refractivity contribution >= 4 is 28.2 Å². The lowest BCUT2D eigenvalue weighted by Crippen LogP contribution is -1.89. The normalized spacial score (nSPS) is 10.7. The number of hydrogen-bond donors (Lipinski definition) is 2. The molecular weight excluding hydrogens is 300 g/mol. The first-order valence-electron chi connectivity index (χ1n) is 7.68. The Morgan fingerprint density at radius 1 is 0.833 bits per heavy atom. The lowest BCUT2D eigenvalue weighted by molar-refractivity contribution is 0.620. The molecule has 5 nitrogen and oxygen atoms in total. The molecule has 2 heterocycles. The Hall–Kier alpha value is -3.34. The zero-order chi connectivity index (χ0) is 16.4. The van der Waals surface area contributed by atoms with Gasteiger partial charge in [-0.1, -0.05) is 0 Å². The van der Waals surface area contributed by atoms with E-state index in [0.29, 0.717) is 5.89 Å². The summed E-state index contributed by atoms with van der Waals surface area (Å²) in [4.78, 5) is 8.62. The van der Waals surface area contributed by atoms with Crippen molar-refractivity contribution in [3.63, 3.8) is 0 Å². The van der Waals surface area contributed by atoms with E-state index < -0.39 is 0 Å². The van der Waals surface area contributed by atoms with Crippen molar-refractivity contribution in [1.29, 1.82) is 0 Å². The number of pyridine rings is 1. The minimum atomic E-state index is 0.619. The van der Waals surface area contributed by atoms with Gasteiger partial charge in [0.05, 0.1) is 0 Å². The average molecular weight is 316 g/mol. The van der Waals surface area contributed by atoms with Crippen molar-refractivity contribution in [1.82, 2.24) is 9.97 Å². The van der Waals surface area contributed by atoms with Gasteiger partial charge in [-0.05, 0) is 54.6 Å². The third-order valence-electron chi connectivity index (χ3n) is 3.78. The van der Waals surface area contributed by atoms with E-state index in [0.717, 1.165) is 33.7 Å². The topological polar surface area (TPSA) is 63.0 Å². The number of anilines is 3. The van der Waals surface area contributed by atoms with Gasteiger partial charge in [0.1, 0.15) is 5.52 Å². The molecule has 4 rings (SSSR count). The van der Waals surface area contributed by atoms with Gasteiger partial charge in [-0.3, -0.25) is 4.98 Å². The number of rotatable bonds is 4. The predicted molar refractivity (Wildman–Crippen MR) is 96.5 cm³/mol. The molecule has 2 N–H and O–H groups in total. The molecule has 118 valence electrons. The SMILES string of the molecule is CNc1ccc(-c2nc3cc(Nc4ccncc4)ccc3o2)cc1. The lowest BCUT2D eigenvalue weighted by atomic mass is 10.2. The highest BCUT2D eigenvalue weighted by Crippen LogP contribution is 2.28. The van der Waals surface area contributed by atoms with E-state index in [9.17, 15) is 0 Å². The lowest BCUT2D eigenvalue weighted by Gasteiger charge is -2.04. The monoisotopic (exact) mass is 316 g/mol. The summed E-state index contributed by atoms with van der Waals surface area (Å²) >= 11 is 0. The average Bonchev–Trinajstić information content (AvgIpc) is 3.06. The summed E-state index contributed by atoms with van der Waals surface area (Å²) in [5.74, 6) is 0.619. The van der Waals surface area contributed by atoms with Crippen LogP contribution in [0.4, 0.5) is 17.1 Å². The van der Waals surface area contributed by atoms with Crippen LogP contribution in [0, 0.1) is 0 Å². The Kier molecular flexibility index (Phi) is 3.59. The molecule has 0 spiro atoms. The maximum absolute atomic E-state index is 5.86. The highest BCUT2D eigenvalue weighted by molar-refractivity contribution is 5.81. The first-order valence-corrected chi connectivity index (χ1v) is 7.68. The quantitative estimate of drug-likeness (QED) is 0.572. The smallest absolute Gasteiger partial charge is 0.227 e. The summed E-state index contributed by atoms with van der Waals surface area (Å²) in [6.45, 7) is 0. The molecule has 0 unspecified atom stereocenters. The van der Waals surface area contributed by atoms with Gasteiger partial charge in [0.15, 0.2) is 5.58 Å². The van der Waals surface area contributed by atoms with Crippen molar-refractivity contribution in [3.05, 3.63) is 67.0 Å². The number of nitrogens with one attached hydrogen (secondary N) is 2. The van der Waals surface area contributed by atoms with Crippen LogP contribution in [-0.2, 0) is 0 Å². The van der Waals surface area contributed by atoms with E-state index in [-0.39, 0.29) is 0 Å². The molecule has 0 amide bonds. The van der Waals surface area contributed by atoms with E-state index in [1.165, 1.54) is 0 Å². The second-order valence-electron chi connectivity index (χ2n) is 5.39. The maximum Gasteiger partial charge on any atom is 0.227 e. The highest BCUT2D eigenvalue weighted by atomic mass is 16.3. The van der Waals surface area contributed by atoms with E-state index in [4.69, 9.17) is 4.42 Å². The van der Waals surface area contributed by atoms with Crippen LogP contribution in [0.1, 0.15) is 0 Å². The third-order valence-corrected chi connectivity index (χ3v) is 3.78. The summed E-state index contributed by atoms with van der Waals surface area (Å²) in [7, 11) is 1.89. The van der Waals surface area contributed by atoms with E-state index in [2.05, 4.69) is 20.6 Å². The van der Waals surface area contributed by atoms with Crippen LogP contribution in [0.2, 0.25) is 0 Å². The molecule has 0 radical (unpaired) electrons. The van der Waals surface area contributed by atoms with E-state index in [1.807, 2.05) is 61.6 Å². The molecule has 0 saturated carbocycles. The second kappa shape index (κ2) is 6.04. The van der Waals surface area contributed by atoms with Gasteiger partial charge in [-0.2, -0.15) is 0 Å². The molecule has 2 aromatic carbocycles. The van der Waals surface area contributed by atoms with Crippen LogP contribution in [-0.4, -0.2) is 17.0 Å². The van der Waals surface area contributed by atoms with Crippen LogP contribution < -0.4 is 10.6 Å². The van der Waals surface area contributed by atoms with Crippen molar-refractivity contribution in [3.8, 4) is 11.5 Å². The number of hydrogen-bond acceptors (Lipinski definition) is 5. The molecule has 24 heavy (non-hydrogen) atoms. The number of benzene rings is 2. The van der Waals surface area contributed by atoms with Crippen molar-refractivity contribution in [2.24, 2.45) is 0 Å². The Bertz CT molecular complexity index is 962. The fourth-order valence-electron chi connectivity index (χ4n) is 2.51. The fraction of sp³-hybridized carbons (Fsp3) is 0.0526. The Morgan fingerprint density at radius 3 is 2.33 bits per heavy atom. The minimum Gasteiger partial charge on any atom is -0.436 e. The largest absolute Gasteiger partial charge is 0.436 e. The van der Waals surface area contributed by atoms with Gasteiger partial charge in [-0.15, -0.1) is 0 Å². The number of nitrogens with zero attached hydrogens (tertiary/aromatic N) is 2. The van der Waals surface area contributed by atoms with Crippen LogP contribution >= 0.6 is 0 Å². The molecular formula is C19H16N4O. The zero-order valence-electron chi connectivity index (χ0n) is 13.2. The number of fused-ring (bicyclic) bond motifs is 1. The molecule has 0 saturated heterocycles. The van der Waals surface area contributed by atoms with Gasteiger partial charge in [0.2, 0.25) is 5.89 Å². The van der Waals surface area contributed by atoms with Gasteiger partial charge in [0.25, 0.3) is 0 Å². The summed E-state index contributed by atoms with van der Waals surface area (Å²) in [6, 6.07) is 17.7. The molecule has 0 aliphatic rings. The summed E-state index contributed by atoms with van der Waals surface area (Å²) in [5, 5.41) is 6.43. The molecule has 4 aromatic rings. The summed E-state index contributed by atoms with van der Waals surface area (Å²) < 4.78 is 5.86. The van der Waals surface area contributed by atoms with Crippen molar-refractivity contribution < 1.29 is 4.42 Å². The predicted octanol–water partition coefficient (Wildman–Crippen LogP) is 4.68. The minimum absolute atomic E-state index is 0.619. The second-order valence-corrected chi connectivity index (χ2v) is 5.39. The maximum atomic E-state index is 5.86. The summed E-state index contributed by atoms with van der Waals surface area (Å²) in [6.07, 6.45) is 3.51. The molecule has 2 aromatic heterocycles. The molecule has 0 atom stereocenters. The van der Waals surface area contributed by atoms with Gasteiger partial charge >= 0.3 is 0 Å². The van der Waals surface area contributed by atoms with Gasteiger partial charge in [0, 0.05) is 42.1 Å². The van der Waals surface area contributed by atoms with Crippen LogP contribution in [0.5, 0.6) is 0 Å². The molecule has 0 aliphatic carbocycles. The van der Waals surface area contributed by atoms with Crippen LogP contribution in [0.25, 0.3) is 22.6 Å². The van der Waals surface area contributed by atoms with Crippen molar-refractivity contribution in [2.75, 3.05) is 17.7 Å². The molecule has 0 bridgehead atoms. The highest BCUT2D eigenvalue weighted by Gasteiger charge is 2.09. The van der Waals surface area contributed by atoms with Gasteiger partial charge < -0.3 is 15.1 Å². The van der Waals surface area contributed by atoms with Crippen molar-refractivity contribution in [2.45, 2.75) is 0 Å². The van der Waals surface area contributed by atoms with E-state index >= 15 is 0 Å². The Balaban J connectivity index is 1.65. The molecule has 0 fully saturated rings. The third kappa shape index (κ3) is 2.79. The number of oxazole rings is 1. The number of aromatic nitrogens is 2. The zero-order valence-corrected chi connectivity index (χ0v) is 13.2. The first-order chi connectivity index (χ1) is 11.8. The van der Waals surface area contributed by atoms with Crippen LogP contribution in [0.15, 0.2) is 71.4 Å². The molecule has 5 heteroatoms. The standard InChI is InChI=1S/C19H16N4O/c1-20-14-4-2-13(3-5-14)19-23-17-12-16(6-7-18(17)24-19)22-15-8-10-21-11-9-15/h2-12,20H,1H3,(H,21,22). The Labute approximate surface area is 139 Å².